The van der Waals surface area contributed by atoms with Gasteiger partial charge < -0.3 is 20.2 Å². The lowest BCUT2D eigenvalue weighted by atomic mass is 10.1. The smallest absolute Gasteiger partial charge is 0.257 e. The van der Waals surface area contributed by atoms with Gasteiger partial charge in [0.2, 0.25) is 5.91 Å². The first kappa shape index (κ1) is 18.8. The fourth-order valence-electron chi connectivity index (χ4n) is 3.80. The van der Waals surface area contributed by atoms with Crippen molar-refractivity contribution in [2.24, 2.45) is 0 Å². The standard InChI is InChI=1S/C19H18Cl2N4O3/c20-11-7-13(21)17(15(26)8-11)18(27)23-14-9-12-10-24(5-6-25(12)19(14)28)16-3-1-2-4-22-16/h1-4,7-8,12,14,26H,5-6,9-10H2,(H,23,27). The maximum absolute atomic E-state index is 12.7. The van der Waals surface area contributed by atoms with Crippen molar-refractivity contribution in [1.82, 2.24) is 15.2 Å². The fourth-order valence-corrected chi connectivity index (χ4v) is 4.37. The van der Waals surface area contributed by atoms with Gasteiger partial charge >= 0.3 is 0 Å². The molecule has 2 atom stereocenters. The van der Waals surface area contributed by atoms with Crippen LogP contribution < -0.4 is 10.2 Å². The van der Waals surface area contributed by atoms with Gasteiger partial charge in [0.25, 0.3) is 5.91 Å². The van der Waals surface area contributed by atoms with Crippen LogP contribution in [0, 0.1) is 0 Å². The molecule has 4 rings (SSSR count). The number of rotatable bonds is 3. The zero-order valence-corrected chi connectivity index (χ0v) is 16.3. The van der Waals surface area contributed by atoms with E-state index in [1.165, 1.54) is 12.1 Å². The van der Waals surface area contributed by atoms with E-state index in [9.17, 15) is 14.7 Å². The first-order valence-corrected chi connectivity index (χ1v) is 9.65. The Bertz CT molecular complexity index is 902. The second kappa shape index (κ2) is 7.48. The Morgan fingerprint density at radius 1 is 1.25 bits per heavy atom. The quantitative estimate of drug-likeness (QED) is 0.795. The second-order valence-electron chi connectivity index (χ2n) is 6.86. The van der Waals surface area contributed by atoms with Gasteiger partial charge in [-0.2, -0.15) is 0 Å². The molecule has 2 fully saturated rings. The molecule has 0 radical (unpaired) electrons. The Hall–Kier alpha value is -2.51. The van der Waals surface area contributed by atoms with Crippen molar-refractivity contribution in [3.63, 3.8) is 0 Å². The topological polar surface area (TPSA) is 85.8 Å². The van der Waals surface area contributed by atoms with Crippen molar-refractivity contribution in [2.45, 2.75) is 18.5 Å². The largest absolute Gasteiger partial charge is 0.507 e. The van der Waals surface area contributed by atoms with Crippen LogP contribution in [0.4, 0.5) is 5.82 Å². The van der Waals surface area contributed by atoms with Crippen molar-refractivity contribution in [3.8, 4) is 5.75 Å². The number of phenols is 1. The molecule has 9 heteroatoms. The van der Waals surface area contributed by atoms with E-state index in [4.69, 9.17) is 23.2 Å². The Labute approximate surface area is 171 Å². The highest BCUT2D eigenvalue weighted by Crippen LogP contribution is 2.31. The third-order valence-electron chi connectivity index (χ3n) is 5.11. The van der Waals surface area contributed by atoms with Crippen LogP contribution in [0.15, 0.2) is 36.5 Å². The van der Waals surface area contributed by atoms with Gasteiger partial charge in [0.1, 0.15) is 17.6 Å². The monoisotopic (exact) mass is 420 g/mol. The Morgan fingerprint density at radius 3 is 2.79 bits per heavy atom. The average molecular weight is 421 g/mol. The SMILES string of the molecule is O=C(NC1CC2CN(c3ccccn3)CCN2C1=O)c1c(O)cc(Cl)cc1Cl. The number of carbonyl (C=O) groups excluding carboxylic acids is 2. The van der Waals surface area contributed by atoms with E-state index in [1.807, 2.05) is 18.2 Å². The highest BCUT2D eigenvalue weighted by molar-refractivity contribution is 6.37. The van der Waals surface area contributed by atoms with E-state index in [0.717, 1.165) is 5.82 Å². The molecule has 0 saturated carbocycles. The molecule has 0 aliphatic carbocycles. The minimum absolute atomic E-state index is 0.0113. The highest BCUT2D eigenvalue weighted by Gasteiger charge is 2.43. The number of nitrogens with zero attached hydrogens (tertiary/aromatic N) is 3. The summed E-state index contributed by atoms with van der Waals surface area (Å²) in [5.74, 6) is -0.165. The van der Waals surface area contributed by atoms with E-state index in [0.29, 0.717) is 26.1 Å². The number of aromatic hydroxyl groups is 1. The van der Waals surface area contributed by atoms with Gasteiger partial charge in [-0.25, -0.2) is 4.98 Å². The summed E-state index contributed by atoms with van der Waals surface area (Å²) in [7, 11) is 0. The molecule has 0 spiro atoms. The number of anilines is 1. The molecule has 7 nitrogen and oxygen atoms in total. The molecule has 1 aromatic carbocycles. The van der Waals surface area contributed by atoms with Crippen molar-refractivity contribution in [3.05, 3.63) is 52.1 Å². The number of hydrogen-bond acceptors (Lipinski definition) is 5. The molecule has 3 heterocycles. The molecule has 2 saturated heterocycles. The number of aromatic nitrogens is 1. The molecule has 1 aromatic heterocycles. The zero-order chi connectivity index (χ0) is 19.8. The molecular weight excluding hydrogens is 403 g/mol. The molecule has 2 N–H and O–H groups in total. The molecule has 2 amide bonds. The minimum atomic E-state index is -0.660. The average Bonchev–Trinajstić information content (AvgIpc) is 2.96. The minimum Gasteiger partial charge on any atom is -0.507 e. The van der Waals surface area contributed by atoms with Gasteiger partial charge in [0.05, 0.1) is 16.6 Å². The van der Waals surface area contributed by atoms with Gasteiger partial charge in [-0.15, -0.1) is 0 Å². The third-order valence-corrected chi connectivity index (χ3v) is 5.63. The first-order valence-electron chi connectivity index (χ1n) is 8.89. The van der Waals surface area contributed by atoms with Crippen molar-refractivity contribution >= 4 is 40.8 Å². The molecule has 2 aliphatic heterocycles. The lowest BCUT2D eigenvalue weighted by Crippen LogP contribution is -2.52. The maximum atomic E-state index is 12.7. The van der Waals surface area contributed by atoms with Crippen LogP contribution in [-0.2, 0) is 4.79 Å². The summed E-state index contributed by atoms with van der Waals surface area (Å²) in [6.07, 6.45) is 2.23. The molecular formula is C19H18Cl2N4O3. The third kappa shape index (κ3) is 3.47. The molecule has 28 heavy (non-hydrogen) atoms. The number of fused-ring (bicyclic) bond motifs is 1. The number of halogens is 2. The van der Waals surface area contributed by atoms with Gasteiger partial charge in [-0.1, -0.05) is 29.3 Å². The number of nitrogens with one attached hydrogen (secondary N) is 1. The van der Waals surface area contributed by atoms with Gasteiger partial charge in [-0.3, -0.25) is 9.59 Å². The Balaban J connectivity index is 1.47. The number of benzene rings is 1. The highest BCUT2D eigenvalue weighted by atomic mass is 35.5. The van der Waals surface area contributed by atoms with Crippen LogP contribution in [0.1, 0.15) is 16.8 Å². The summed E-state index contributed by atoms with van der Waals surface area (Å²) in [5, 5.41) is 13.0. The van der Waals surface area contributed by atoms with Crippen LogP contribution in [0.5, 0.6) is 5.75 Å². The van der Waals surface area contributed by atoms with Crippen molar-refractivity contribution < 1.29 is 14.7 Å². The van der Waals surface area contributed by atoms with Gasteiger partial charge in [-0.05, 0) is 30.7 Å². The lowest BCUT2D eigenvalue weighted by molar-refractivity contribution is -0.130. The van der Waals surface area contributed by atoms with Crippen LogP contribution in [0.3, 0.4) is 0 Å². The van der Waals surface area contributed by atoms with Crippen molar-refractivity contribution in [1.29, 1.82) is 0 Å². The Kier molecular flexibility index (Phi) is 5.03. The normalized spacial score (nSPS) is 21.6. The fraction of sp³-hybridized carbons (Fsp3) is 0.316. The van der Waals surface area contributed by atoms with E-state index < -0.39 is 11.9 Å². The summed E-state index contributed by atoms with van der Waals surface area (Å²) < 4.78 is 0. The van der Waals surface area contributed by atoms with Crippen LogP contribution in [0.2, 0.25) is 10.0 Å². The van der Waals surface area contributed by atoms with Gasteiger partial charge in [0, 0.05) is 30.9 Å². The molecule has 146 valence electrons. The number of hydrogen-bond donors (Lipinski definition) is 2. The van der Waals surface area contributed by atoms with Gasteiger partial charge in [0.15, 0.2) is 0 Å². The number of piperazine rings is 1. The predicted molar refractivity (Wildman–Crippen MR) is 106 cm³/mol. The van der Waals surface area contributed by atoms with E-state index in [-0.39, 0.29) is 33.3 Å². The van der Waals surface area contributed by atoms with Crippen LogP contribution in [0.25, 0.3) is 0 Å². The number of pyridine rings is 1. The summed E-state index contributed by atoms with van der Waals surface area (Å²) in [4.78, 5) is 33.6. The van der Waals surface area contributed by atoms with E-state index in [1.54, 1.807) is 11.1 Å². The van der Waals surface area contributed by atoms with E-state index >= 15 is 0 Å². The van der Waals surface area contributed by atoms with E-state index in [2.05, 4.69) is 15.2 Å². The maximum Gasteiger partial charge on any atom is 0.257 e. The first-order chi connectivity index (χ1) is 13.4. The van der Waals surface area contributed by atoms with Crippen LogP contribution in [-0.4, -0.2) is 58.5 Å². The number of amides is 2. The second-order valence-corrected chi connectivity index (χ2v) is 7.71. The molecule has 2 aliphatic rings. The summed E-state index contributed by atoms with van der Waals surface area (Å²) in [6, 6.07) is 7.68. The zero-order valence-electron chi connectivity index (χ0n) is 14.8. The summed E-state index contributed by atoms with van der Waals surface area (Å²) in [6.45, 7) is 1.91. The molecule has 0 bridgehead atoms. The predicted octanol–water partition coefficient (Wildman–Crippen LogP) is 2.31. The van der Waals surface area contributed by atoms with Crippen molar-refractivity contribution in [2.75, 3.05) is 24.5 Å². The van der Waals surface area contributed by atoms with Crippen LogP contribution >= 0.6 is 23.2 Å². The number of phenolic OH excluding ortho intramolecular Hbond substituents is 1. The summed E-state index contributed by atoms with van der Waals surface area (Å²) in [5.41, 5.74) is -0.0844. The Morgan fingerprint density at radius 2 is 2.07 bits per heavy atom. The number of carbonyl (C=O) groups is 2. The molecule has 2 unspecified atom stereocenters. The molecule has 2 aromatic rings. The lowest BCUT2D eigenvalue weighted by Gasteiger charge is -2.37. The summed E-state index contributed by atoms with van der Waals surface area (Å²) >= 11 is 11.9.